The lowest BCUT2D eigenvalue weighted by atomic mass is 9.69. The molecule has 3 rings (SSSR count). The zero-order valence-electron chi connectivity index (χ0n) is 13.0. The van der Waals surface area contributed by atoms with E-state index in [-0.39, 0.29) is 6.03 Å². The summed E-state index contributed by atoms with van der Waals surface area (Å²) in [5, 5.41) is 9.94. The van der Waals surface area contributed by atoms with Crippen molar-refractivity contribution in [3.63, 3.8) is 0 Å². The van der Waals surface area contributed by atoms with Gasteiger partial charge in [0.1, 0.15) is 0 Å². The van der Waals surface area contributed by atoms with Crippen molar-refractivity contribution in [2.24, 2.45) is 5.41 Å². The summed E-state index contributed by atoms with van der Waals surface area (Å²) in [5.41, 5.74) is 2.50. The number of nitrogens with one attached hydrogen (secondary N) is 2. The third-order valence-electron chi connectivity index (χ3n) is 5.23. The number of carbonyl (C=O) groups is 1. The van der Waals surface area contributed by atoms with E-state index >= 15 is 0 Å². The van der Waals surface area contributed by atoms with E-state index in [1.54, 1.807) is 6.20 Å². The predicted molar refractivity (Wildman–Crippen MR) is 81.9 cm³/mol. The van der Waals surface area contributed by atoms with Crippen molar-refractivity contribution in [2.75, 3.05) is 13.1 Å². The fourth-order valence-electron chi connectivity index (χ4n) is 3.93. The van der Waals surface area contributed by atoms with Gasteiger partial charge in [-0.05, 0) is 38.0 Å². The molecule has 0 bridgehead atoms. The van der Waals surface area contributed by atoms with Crippen molar-refractivity contribution in [3.05, 3.63) is 17.5 Å². The fourth-order valence-corrected chi connectivity index (χ4v) is 3.93. The molecule has 1 saturated carbocycles. The number of hydrogen-bond acceptors (Lipinski definition) is 2. The van der Waals surface area contributed by atoms with Gasteiger partial charge in [0.15, 0.2) is 0 Å². The number of rotatable bonds is 2. The van der Waals surface area contributed by atoms with Crippen LogP contribution in [0, 0.1) is 12.3 Å². The summed E-state index contributed by atoms with van der Waals surface area (Å²) in [6.45, 7) is 4.39. The number of nitrogens with zero attached hydrogens (tertiary/aromatic N) is 2. The van der Waals surface area contributed by atoms with E-state index in [0.717, 1.165) is 30.8 Å². The Morgan fingerprint density at radius 1 is 1.33 bits per heavy atom. The lowest BCUT2D eigenvalue weighted by Crippen LogP contribution is -2.50. The number of piperidine rings is 1. The van der Waals surface area contributed by atoms with Crippen LogP contribution in [-0.4, -0.2) is 34.2 Å². The monoisotopic (exact) mass is 290 g/mol. The van der Waals surface area contributed by atoms with Gasteiger partial charge in [0, 0.05) is 30.9 Å². The average molecular weight is 290 g/mol. The molecular weight excluding hydrogens is 264 g/mol. The molecule has 5 heteroatoms. The minimum Gasteiger partial charge on any atom is -0.334 e. The molecule has 1 aromatic rings. The smallest absolute Gasteiger partial charge is 0.317 e. The van der Waals surface area contributed by atoms with E-state index in [0.29, 0.717) is 12.0 Å². The molecule has 1 aliphatic heterocycles. The van der Waals surface area contributed by atoms with Crippen molar-refractivity contribution < 1.29 is 4.79 Å². The van der Waals surface area contributed by atoms with Crippen LogP contribution in [0.5, 0.6) is 0 Å². The van der Waals surface area contributed by atoms with Gasteiger partial charge >= 0.3 is 6.03 Å². The van der Waals surface area contributed by atoms with Crippen LogP contribution in [-0.2, 0) is 6.54 Å². The first-order chi connectivity index (χ1) is 10.2. The summed E-state index contributed by atoms with van der Waals surface area (Å²) >= 11 is 0. The number of H-pyrrole nitrogens is 1. The van der Waals surface area contributed by atoms with Crippen LogP contribution in [0.1, 0.15) is 56.2 Å². The molecule has 2 fully saturated rings. The summed E-state index contributed by atoms with van der Waals surface area (Å²) in [6.07, 6.45) is 10.9. The van der Waals surface area contributed by atoms with E-state index in [2.05, 4.69) is 15.5 Å². The van der Waals surface area contributed by atoms with E-state index in [1.807, 2.05) is 11.8 Å². The molecule has 21 heavy (non-hydrogen) atoms. The van der Waals surface area contributed by atoms with Crippen LogP contribution in [0.4, 0.5) is 4.79 Å². The largest absolute Gasteiger partial charge is 0.334 e. The average Bonchev–Trinajstić information content (AvgIpc) is 2.91. The molecule has 2 N–H and O–H groups in total. The Morgan fingerprint density at radius 3 is 2.81 bits per heavy atom. The van der Waals surface area contributed by atoms with Gasteiger partial charge in [-0.1, -0.05) is 19.3 Å². The van der Waals surface area contributed by atoms with Crippen LogP contribution in [0.25, 0.3) is 0 Å². The number of aromatic amines is 1. The SMILES string of the molecule is Cc1[nH]ncc1CNC(=O)N1CCCC2(CCCCC2)C1. The highest BCUT2D eigenvalue weighted by Crippen LogP contribution is 2.43. The van der Waals surface area contributed by atoms with E-state index in [4.69, 9.17) is 0 Å². The second-order valence-corrected chi connectivity index (χ2v) is 6.76. The zero-order valence-corrected chi connectivity index (χ0v) is 13.0. The lowest BCUT2D eigenvalue weighted by molar-refractivity contribution is 0.0705. The molecule has 0 unspecified atom stereocenters. The van der Waals surface area contributed by atoms with E-state index in [9.17, 15) is 4.79 Å². The number of amides is 2. The molecular formula is C16H26N4O. The maximum absolute atomic E-state index is 12.4. The van der Waals surface area contributed by atoms with Crippen LogP contribution < -0.4 is 5.32 Å². The first-order valence-electron chi connectivity index (χ1n) is 8.20. The van der Waals surface area contributed by atoms with Crippen molar-refractivity contribution in [1.29, 1.82) is 0 Å². The Kier molecular flexibility index (Phi) is 4.17. The molecule has 0 radical (unpaired) electrons. The van der Waals surface area contributed by atoms with Crippen molar-refractivity contribution in [2.45, 2.75) is 58.4 Å². The quantitative estimate of drug-likeness (QED) is 0.879. The highest BCUT2D eigenvalue weighted by molar-refractivity contribution is 5.74. The first kappa shape index (κ1) is 14.4. The molecule has 116 valence electrons. The summed E-state index contributed by atoms with van der Waals surface area (Å²) in [4.78, 5) is 14.4. The third-order valence-corrected chi connectivity index (χ3v) is 5.23. The van der Waals surface area contributed by atoms with Crippen LogP contribution in [0.3, 0.4) is 0 Å². The topological polar surface area (TPSA) is 61.0 Å². The summed E-state index contributed by atoms with van der Waals surface area (Å²) < 4.78 is 0. The van der Waals surface area contributed by atoms with Gasteiger partial charge in [0.25, 0.3) is 0 Å². The minimum absolute atomic E-state index is 0.0836. The molecule has 0 aromatic carbocycles. The molecule has 1 saturated heterocycles. The Balaban J connectivity index is 1.55. The molecule has 0 atom stereocenters. The summed E-state index contributed by atoms with van der Waals surface area (Å²) in [6, 6.07) is 0.0836. The number of aromatic nitrogens is 2. The minimum atomic E-state index is 0.0836. The molecule has 1 aliphatic carbocycles. The number of carbonyl (C=O) groups excluding carboxylic acids is 1. The van der Waals surface area contributed by atoms with Crippen molar-refractivity contribution in [1.82, 2.24) is 20.4 Å². The Hall–Kier alpha value is -1.52. The molecule has 1 aromatic heterocycles. The van der Waals surface area contributed by atoms with Gasteiger partial charge in [-0.3, -0.25) is 5.10 Å². The van der Waals surface area contributed by atoms with Crippen molar-refractivity contribution >= 4 is 6.03 Å². The number of aryl methyl sites for hydroxylation is 1. The van der Waals surface area contributed by atoms with Crippen LogP contribution in [0.15, 0.2) is 6.20 Å². The maximum atomic E-state index is 12.4. The third kappa shape index (κ3) is 3.22. The fraction of sp³-hybridized carbons (Fsp3) is 0.750. The zero-order chi connectivity index (χ0) is 14.7. The van der Waals surface area contributed by atoms with Gasteiger partial charge in [0.2, 0.25) is 0 Å². The second kappa shape index (κ2) is 6.08. The summed E-state index contributed by atoms with van der Waals surface area (Å²) in [7, 11) is 0. The predicted octanol–water partition coefficient (Wildman–Crippen LogP) is 2.97. The molecule has 2 heterocycles. The maximum Gasteiger partial charge on any atom is 0.317 e. The van der Waals surface area contributed by atoms with Crippen LogP contribution >= 0.6 is 0 Å². The lowest BCUT2D eigenvalue weighted by Gasteiger charge is -2.45. The van der Waals surface area contributed by atoms with Crippen molar-refractivity contribution in [3.8, 4) is 0 Å². The standard InChI is InChI=1S/C16H26N4O/c1-13-14(11-18-19-13)10-17-15(21)20-9-5-8-16(12-20)6-3-2-4-7-16/h11H,2-10,12H2,1H3,(H,17,21)(H,18,19). The normalized spacial score (nSPS) is 21.5. The van der Waals surface area contributed by atoms with E-state index < -0.39 is 0 Å². The molecule has 5 nitrogen and oxygen atoms in total. The van der Waals surface area contributed by atoms with Gasteiger partial charge in [-0.15, -0.1) is 0 Å². The van der Waals surface area contributed by atoms with Crippen LogP contribution in [0.2, 0.25) is 0 Å². The number of likely N-dealkylation sites (tertiary alicyclic amines) is 1. The Bertz CT molecular complexity index is 485. The highest BCUT2D eigenvalue weighted by Gasteiger charge is 2.37. The highest BCUT2D eigenvalue weighted by atomic mass is 16.2. The van der Waals surface area contributed by atoms with Gasteiger partial charge < -0.3 is 10.2 Å². The van der Waals surface area contributed by atoms with Gasteiger partial charge in [-0.25, -0.2) is 4.79 Å². The Morgan fingerprint density at radius 2 is 2.10 bits per heavy atom. The molecule has 2 amide bonds. The summed E-state index contributed by atoms with van der Waals surface area (Å²) in [5.74, 6) is 0. The second-order valence-electron chi connectivity index (χ2n) is 6.76. The van der Waals surface area contributed by atoms with Gasteiger partial charge in [-0.2, -0.15) is 5.10 Å². The number of urea groups is 1. The number of hydrogen-bond donors (Lipinski definition) is 2. The van der Waals surface area contributed by atoms with Gasteiger partial charge in [0.05, 0.1) is 6.20 Å². The molecule has 1 spiro atoms. The first-order valence-corrected chi connectivity index (χ1v) is 8.20. The van der Waals surface area contributed by atoms with E-state index in [1.165, 1.54) is 38.5 Å². The molecule has 2 aliphatic rings. The Labute approximate surface area is 126 Å².